The van der Waals surface area contributed by atoms with Gasteiger partial charge in [-0.3, -0.25) is 0 Å². The highest BCUT2D eigenvalue weighted by Crippen LogP contribution is 2.33. The fourth-order valence-corrected chi connectivity index (χ4v) is 5.71. The maximum atomic E-state index is 13.2. The molecule has 152 valence electrons. The first-order valence-corrected chi connectivity index (χ1v) is 12.1. The SMILES string of the molecule is Fc1ccc(-c2csc(N3CCN(c4nc(-c5ccccc5Br)cs4)CC3)n2)cc1. The minimum absolute atomic E-state index is 0.227. The number of hydrogen-bond donors (Lipinski definition) is 0. The van der Waals surface area contributed by atoms with Crippen LogP contribution in [-0.2, 0) is 0 Å². The molecule has 0 radical (unpaired) electrons. The Kier molecular flexibility index (Phi) is 5.54. The highest BCUT2D eigenvalue weighted by Gasteiger charge is 2.22. The van der Waals surface area contributed by atoms with E-state index in [9.17, 15) is 4.39 Å². The third kappa shape index (κ3) is 3.99. The number of benzene rings is 2. The second-order valence-corrected chi connectivity index (χ2v) is 9.52. The molecule has 8 heteroatoms. The van der Waals surface area contributed by atoms with E-state index in [1.807, 2.05) is 23.6 Å². The molecular formula is C22H18BrFN4S2. The summed E-state index contributed by atoms with van der Waals surface area (Å²) in [6, 6.07) is 14.7. The molecule has 1 saturated heterocycles. The molecule has 1 aliphatic rings. The lowest BCUT2D eigenvalue weighted by atomic mass is 10.2. The number of hydrogen-bond acceptors (Lipinski definition) is 6. The van der Waals surface area contributed by atoms with E-state index in [1.54, 1.807) is 34.8 Å². The van der Waals surface area contributed by atoms with E-state index in [4.69, 9.17) is 9.97 Å². The molecule has 0 saturated carbocycles. The molecule has 4 aromatic rings. The lowest BCUT2D eigenvalue weighted by Gasteiger charge is -2.34. The maximum absolute atomic E-state index is 13.2. The lowest BCUT2D eigenvalue weighted by molar-refractivity contribution is 0.628. The third-order valence-corrected chi connectivity index (χ3v) is 7.59. The van der Waals surface area contributed by atoms with Crippen molar-refractivity contribution in [1.29, 1.82) is 0 Å². The molecule has 0 unspecified atom stereocenters. The Morgan fingerprint density at radius 3 is 1.97 bits per heavy atom. The van der Waals surface area contributed by atoms with Crippen LogP contribution in [0.1, 0.15) is 0 Å². The van der Waals surface area contributed by atoms with E-state index in [0.29, 0.717) is 0 Å². The Bertz CT molecular complexity index is 1150. The van der Waals surface area contributed by atoms with Crippen LogP contribution in [-0.4, -0.2) is 36.1 Å². The molecule has 0 aliphatic carbocycles. The monoisotopic (exact) mass is 500 g/mol. The van der Waals surface area contributed by atoms with E-state index < -0.39 is 0 Å². The summed E-state index contributed by atoms with van der Waals surface area (Å²) in [5, 5.41) is 6.24. The van der Waals surface area contributed by atoms with Crippen molar-refractivity contribution in [2.75, 3.05) is 36.0 Å². The van der Waals surface area contributed by atoms with Gasteiger partial charge in [0.25, 0.3) is 0 Å². The topological polar surface area (TPSA) is 32.3 Å². The van der Waals surface area contributed by atoms with Crippen LogP contribution in [0.5, 0.6) is 0 Å². The van der Waals surface area contributed by atoms with Crippen LogP contribution in [0.4, 0.5) is 14.7 Å². The van der Waals surface area contributed by atoms with E-state index >= 15 is 0 Å². The summed E-state index contributed by atoms with van der Waals surface area (Å²) in [6.45, 7) is 3.63. The highest BCUT2D eigenvalue weighted by molar-refractivity contribution is 9.10. The first-order valence-electron chi connectivity index (χ1n) is 9.59. The minimum atomic E-state index is -0.227. The van der Waals surface area contributed by atoms with Gasteiger partial charge in [0.1, 0.15) is 5.82 Å². The molecule has 0 bridgehead atoms. The van der Waals surface area contributed by atoms with Crippen molar-refractivity contribution in [3.8, 4) is 22.5 Å². The van der Waals surface area contributed by atoms with E-state index in [0.717, 1.165) is 63.4 Å². The first kappa shape index (κ1) is 19.7. The molecule has 3 heterocycles. The lowest BCUT2D eigenvalue weighted by Crippen LogP contribution is -2.46. The first-order chi connectivity index (χ1) is 14.7. The van der Waals surface area contributed by atoms with Crippen molar-refractivity contribution < 1.29 is 4.39 Å². The number of aromatic nitrogens is 2. The Morgan fingerprint density at radius 1 is 0.767 bits per heavy atom. The predicted octanol–water partition coefficient (Wildman–Crippen LogP) is 6.16. The van der Waals surface area contributed by atoms with Crippen molar-refractivity contribution in [3.63, 3.8) is 0 Å². The largest absolute Gasteiger partial charge is 0.345 e. The number of nitrogens with zero attached hydrogens (tertiary/aromatic N) is 4. The molecule has 4 nitrogen and oxygen atoms in total. The summed E-state index contributed by atoms with van der Waals surface area (Å²) in [4.78, 5) is 14.3. The van der Waals surface area contributed by atoms with Gasteiger partial charge in [0.2, 0.25) is 0 Å². The van der Waals surface area contributed by atoms with Crippen molar-refractivity contribution in [3.05, 3.63) is 69.6 Å². The van der Waals surface area contributed by atoms with E-state index in [1.165, 1.54) is 12.1 Å². The van der Waals surface area contributed by atoms with Crippen LogP contribution in [0.25, 0.3) is 22.5 Å². The zero-order valence-corrected chi connectivity index (χ0v) is 19.2. The molecule has 0 atom stereocenters. The predicted molar refractivity (Wildman–Crippen MR) is 127 cm³/mol. The van der Waals surface area contributed by atoms with Gasteiger partial charge >= 0.3 is 0 Å². The summed E-state index contributed by atoms with van der Waals surface area (Å²) in [6.07, 6.45) is 0. The van der Waals surface area contributed by atoms with Gasteiger partial charge in [0.05, 0.1) is 11.4 Å². The molecule has 1 fully saturated rings. The van der Waals surface area contributed by atoms with Crippen molar-refractivity contribution in [2.45, 2.75) is 0 Å². The summed E-state index contributed by atoms with van der Waals surface area (Å²) < 4.78 is 14.2. The van der Waals surface area contributed by atoms with Gasteiger partial charge in [0, 0.05) is 52.5 Å². The zero-order chi connectivity index (χ0) is 20.5. The fraction of sp³-hybridized carbons (Fsp3) is 0.182. The van der Waals surface area contributed by atoms with Crippen LogP contribution in [0.2, 0.25) is 0 Å². The highest BCUT2D eigenvalue weighted by atomic mass is 79.9. The fourth-order valence-electron chi connectivity index (χ4n) is 3.45. The molecule has 0 N–H and O–H groups in total. The van der Waals surface area contributed by atoms with Crippen molar-refractivity contribution in [1.82, 2.24) is 9.97 Å². The molecule has 2 aromatic heterocycles. The van der Waals surface area contributed by atoms with Crippen molar-refractivity contribution in [2.24, 2.45) is 0 Å². The van der Waals surface area contributed by atoms with Gasteiger partial charge in [-0.15, -0.1) is 22.7 Å². The van der Waals surface area contributed by atoms with Crippen LogP contribution in [0.3, 0.4) is 0 Å². The Morgan fingerprint density at radius 2 is 1.33 bits per heavy atom. The smallest absolute Gasteiger partial charge is 0.185 e. The molecule has 0 spiro atoms. The van der Waals surface area contributed by atoms with Crippen LogP contribution in [0.15, 0.2) is 63.8 Å². The van der Waals surface area contributed by atoms with Crippen LogP contribution in [0, 0.1) is 5.82 Å². The minimum Gasteiger partial charge on any atom is -0.345 e. The second-order valence-electron chi connectivity index (χ2n) is 6.99. The second kappa shape index (κ2) is 8.45. The van der Waals surface area contributed by atoms with E-state index in [2.05, 4.69) is 37.2 Å². The van der Waals surface area contributed by atoms with Gasteiger partial charge in [-0.05, 0) is 30.3 Å². The Labute approximate surface area is 190 Å². The average molecular weight is 501 g/mol. The van der Waals surface area contributed by atoms with Gasteiger partial charge in [0.15, 0.2) is 10.3 Å². The van der Waals surface area contributed by atoms with Gasteiger partial charge in [-0.25, -0.2) is 14.4 Å². The zero-order valence-electron chi connectivity index (χ0n) is 16.0. The number of halogens is 2. The van der Waals surface area contributed by atoms with Gasteiger partial charge in [-0.1, -0.05) is 34.1 Å². The van der Waals surface area contributed by atoms with Gasteiger partial charge in [-0.2, -0.15) is 0 Å². The number of piperazine rings is 1. The maximum Gasteiger partial charge on any atom is 0.185 e. The molecule has 2 aromatic carbocycles. The summed E-state index contributed by atoms with van der Waals surface area (Å²) in [5.41, 5.74) is 3.97. The summed E-state index contributed by atoms with van der Waals surface area (Å²) >= 11 is 6.94. The number of anilines is 2. The standard InChI is InChI=1S/C22H18BrFN4S2/c23-18-4-2-1-3-17(18)20-14-30-22(26-20)28-11-9-27(10-12-28)21-25-19(13-29-21)15-5-7-16(24)8-6-15/h1-8,13-14H,9-12H2. The molecule has 0 amide bonds. The summed E-state index contributed by atoms with van der Waals surface area (Å²) in [7, 11) is 0. The third-order valence-electron chi connectivity index (χ3n) is 5.09. The number of rotatable bonds is 4. The van der Waals surface area contributed by atoms with Crippen molar-refractivity contribution >= 4 is 48.9 Å². The summed E-state index contributed by atoms with van der Waals surface area (Å²) in [5.74, 6) is -0.227. The van der Waals surface area contributed by atoms with Crippen LogP contribution < -0.4 is 9.80 Å². The average Bonchev–Trinajstić information content (AvgIpc) is 3.45. The number of thiazole rings is 2. The molecular weight excluding hydrogens is 483 g/mol. The quantitative estimate of drug-likeness (QED) is 0.335. The van der Waals surface area contributed by atoms with Gasteiger partial charge < -0.3 is 9.80 Å². The van der Waals surface area contributed by atoms with Crippen LogP contribution >= 0.6 is 38.6 Å². The van der Waals surface area contributed by atoms with E-state index in [-0.39, 0.29) is 5.82 Å². The molecule has 5 rings (SSSR count). The molecule has 1 aliphatic heterocycles. The Balaban J connectivity index is 1.25. The Hall–Kier alpha value is -2.29. The molecule has 30 heavy (non-hydrogen) atoms. The normalized spacial score (nSPS) is 14.3.